The highest BCUT2D eigenvalue weighted by atomic mass is 35.5. The van der Waals surface area contributed by atoms with E-state index in [1.165, 1.54) is 18.3 Å². The van der Waals surface area contributed by atoms with Crippen molar-refractivity contribution in [1.82, 2.24) is 9.55 Å². The fourth-order valence-electron chi connectivity index (χ4n) is 3.77. The number of amides is 1. The Bertz CT molecular complexity index is 1290. The lowest BCUT2D eigenvalue weighted by atomic mass is 10.1. The summed E-state index contributed by atoms with van der Waals surface area (Å²) >= 11 is 5.88. The molecule has 1 aromatic carbocycles. The number of rotatable bonds is 10. The number of carboxylic acids is 1. The van der Waals surface area contributed by atoms with Crippen molar-refractivity contribution < 1.29 is 37.0 Å². The second-order valence-electron chi connectivity index (χ2n) is 8.26. The van der Waals surface area contributed by atoms with Gasteiger partial charge in [-0.1, -0.05) is 18.5 Å². The Morgan fingerprint density at radius 2 is 1.95 bits per heavy atom. The first-order chi connectivity index (χ1) is 17.4. The molecule has 3 rings (SSSR count). The van der Waals surface area contributed by atoms with Crippen molar-refractivity contribution in [3.63, 3.8) is 0 Å². The van der Waals surface area contributed by atoms with Crippen LogP contribution >= 0.6 is 11.6 Å². The maximum atomic E-state index is 13.7. The van der Waals surface area contributed by atoms with E-state index in [1.54, 1.807) is 10.6 Å². The average molecular weight is 542 g/mol. The van der Waals surface area contributed by atoms with E-state index in [0.717, 1.165) is 12.1 Å². The van der Waals surface area contributed by atoms with Gasteiger partial charge < -0.3 is 19.7 Å². The Morgan fingerprint density at radius 3 is 2.57 bits per heavy atom. The van der Waals surface area contributed by atoms with E-state index in [4.69, 9.17) is 21.4 Å². The van der Waals surface area contributed by atoms with Gasteiger partial charge in [0, 0.05) is 35.4 Å². The third-order valence-corrected chi connectivity index (χ3v) is 6.03. The van der Waals surface area contributed by atoms with E-state index in [-0.39, 0.29) is 34.7 Å². The number of pyridine rings is 1. The van der Waals surface area contributed by atoms with Crippen LogP contribution in [0.5, 0.6) is 5.75 Å². The molecule has 37 heavy (non-hydrogen) atoms. The van der Waals surface area contributed by atoms with E-state index < -0.39 is 41.7 Å². The molecule has 198 valence electrons. The summed E-state index contributed by atoms with van der Waals surface area (Å²) in [6.07, 6.45) is -3.24. The summed E-state index contributed by atoms with van der Waals surface area (Å²) in [5, 5.41) is 11.0. The molecule has 0 aliphatic rings. The first-order valence-electron chi connectivity index (χ1n) is 11.3. The van der Waals surface area contributed by atoms with Crippen LogP contribution in [0.2, 0.25) is 5.02 Å². The molecular formula is C25H24ClF4N3O4. The molecule has 7 nitrogen and oxygen atoms in total. The van der Waals surface area contributed by atoms with Gasteiger partial charge in [-0.25, -0.2) is 4.98 Å². The number of anilines is 1. The van der Waals surface area contributed by atoms with Crippen LogP contribution in [0.1, 0.15) is 53.6 Å². The van der Waals surface area contributed by atoms with E-state index in [1.807, 2.05) is 13.8 Å². The average Bonchev–Trinajstić information content (AvgIpc) is 3.23. The molecule has 0 fully saturated rings. The van der Waals surface area contributed by atoms with Gasteiger partial charge in [0.05, 0.1) is 24.3 Å². The Hall–Kier alpha value is -3.60. The number of alkyl halides is 3. The summed E-state index contributed by atoms with van der Waals surface area (Å²) in [5.41, 5.74) is -1.06. The number of hydrogen-bond acceptors (Lipinski definition) is 4. The zero-order valence-corrected chi connectivity index (χ0v) is 20.7. The van der Waals surface area contributed by atoms with Crippen LogP contribution in [0.15, 0.2) is 42.6 Å². The van der Waals surface area contributed by atoms with Crippen LogP contribution in [-0.2, 0) is 23.8 Å². The highest BCUT2D eigenvalue weighted by Gasteiger charge is 2.35. The topological polar surface area (TPSA) is 93.5 Å². The quantitative estimate of drug-likeness (QED) is 0.237. The number of nitrogens with zero attached hydrogens (tertiary/aromatic N) is 2. The number of aromatic nitrogens is 2. The number of benzene rings is 1. The fourth-order valence-corrected chi connectivity index (χ4v) is 4.00. The lowest BCUT2D eigenvalue weighted by Gasteiger charge is -2.21. The molecule has 0 saturated heterocycles. The minimum absolute atomic E-state index is 0.0693. The Labute approximate surface area is 215 Å². The first kappa shape index (κ1) is 28.0. The fraction of sp³-hybridized carbons (Fsp3) is 0.320. The molecule has 0 saturated carbocycles. The monoisotopic (exact) mass is 541 g/mol. The highest BCUT2D eigenvalue weighted by Crippen LogP contribution is 2.38. The van der Waals surface area contributed by atoms with E-state index in [0.29, 0.717) is 24.6 Å². The molecule has 12 heteroatoms. The Kier molecular flexibility index (Phi) is 8.80. The molecule has 0 unspecified atom stereocenters. The third-order valence-electron chi connectivity index (χ3n) is 5.67. The second kappa shape index (κ2) is 11.6. The van der Waals surface area contributed by atoms with Gasteiger partial charge in [0.2, 0.25) is 5.95 Å². The molecular weight excluding hydrogens is 518 g/mol. The van der Waals surface area contributed by atoms with Crippen LogP contribution in [0, 0.1) is 5.95 Å². The van der Waals surface area contributed by atoms with Gasteiger partial charge in [0.1, 0.15) is 11.4 Å². The lowest BCUT2D eigenvalue weighted by Crippen LogP contribution is -2.23. The molecule has 0 aliphatic heterocycles. The number of aliphatic carboxylic acids is 1. The zero-order valence-electron chi connectivity index (χ0n) is 19.9. The number of hydrogen-bond donors (Lipinski definition) is 2. The van der Waals surface area contributed by atoms with Crippen molar-refractivity contribution in [2.24, 2.45) is 0 Å². The number of carboxylic acid groups (broad SMARTS) is 1. The zero-order chi connectivity index (χ0) is 27.3. The Balaban J connectivity index is 1.89. The number of ether oxygens (including phenoxy) is 1. The van der Waals surface area contributed by atoms with Crippen LogP contribution in [0.4, 0.5) is 23.2 Å². The Morgan fingerprint density at radius 1 is 1.22 bits per heavy atom. The first-order valence-corrected chi connectivity index (χ1v) is 11.7. The van der Waals surface area contributed by atoms with Gasteiger partial charge in [-0.15, -0.1) is 0 Å². The summed E-state index contributed by atoms with van der Waals surface area (Å²) in [6.45, 7) is 3.90. The van der Waals surface area contributed by atoms with Gasteiger partial charge in [-0.2, -0.15) is 17.6 Å². The van der Waals surface area contributed by atoms with Crippen LogP contribution < -0.4 is 10.1 Å². The molecule has 0 bridgehead atoms. The largest absolute Gasteiger partial charge is 0.493 e. The normalized spacial score (nSPS) is 12.3. The van der Waals surface area contributed by atoms with Crippen LogP contribution in [-0.4, -0.2) is 33.1 Å². The summed E-state index contributed by atoms with van der Waals surface area (Å²) in [4.78, 5) is 27.7. The van der Waals surface area contributed by atoms with Crippen molar-refractivity contribution >= 4 is 29.2 Å². The van der Waals surface area contributed by atoms with E-state index in [2.05, 4.69) is 10.3 Å². The highest BCUT2D eigenvalue weighted by molar-refractivity contribution is 6.31. The second-order valence-corrected chi connectivity index (χ2v) is 8.67. The summed E-state index contributed by atoms with van der Waals surface area (Å²) < 4.78 is 61.5. The minimum atomic E-state index is -4.85. The number of halogens is 5. The van der Waals surface area contributed by atoms with Crippen molar-refractivity contribution in [2.45, 2.75) is 45.3 Å². The molecule has 0 radical (unpaired) electrons. The van der Waals surface area contributed by atoms with Crippen molar-refractivity contribution in [1.29, 1.82) is 0 Å². The van der Waals surface area contributed by atoms with Crippen molar-refractivity contribution in [3.8, 4) is 5.75 Å². The summed E-state index contributed by atoms with van der Waals surface area (Å²) in [6, 6.07) is 7.14. The van der Waals surface area contributed by atoms with Gasteiger partial charge in [-0.05, 0) is 49.2 Å². The molecule has 2 heterocycles. The molecule has 1 amide bonds. The smallest absolute Gasteiger partial charge is 0.418 e. The predicted octanol–water partition coefficient (Wildman–Crippen LogP) is 6.17. The van der Waals surface area contributed by atoms with Crippen molar-refractivity contribution in [3.05, 3.63) is 76.1 Å². The molecule has 2 aromatic heterocycles. The third kappa shape index (κ3) is 7.00. The molecule has 0 spiro atoms. The standard InChI is InChI=1S/C25H24ClF4N3O4/c1-3-14(2)33-16(7-9-37-17-6-8-31-22(27)12-17)4-5-21(33)24(36)32-20-10-15(11-23(34)35)19(26)13-18(20)25(28,29)30/h4-6,8,10,12-14H,3,7,9,11H2,1-2H3,(H,32,36)(H,34,35)/t14-/m0/s1. The molecule has 1 atom stereocenters. The van der Waals surface area contributed by atoms with Gasteiger partial charge >= 0.3 is 12.1 Å². The number of carbonyl (C=O) groups is 2. The van der Waals surface area contributed by atoms with Crippen molar-refractivity contribution in [2.75, 3.05) is 11.9 Å². The molecule has 3 aromatic rings. The predicted molar refractivity (Wildman–Crippen MR) is 129 cm³/mol. The maximum absolute atomic E-state index is 13.7. The summed E-state index contributed by atoms with van der Waals surface area (Å²) in [5.74, 6) is -2.50. The number of nitrogens with one attached hydrogen (secondary N) is 1. The van der Waals surface area contributed by atoms with Crippen LogP contribution in [0.3, 0.4) is 0 Å². The minimum Gasteiger partial charge on any atom is -0.493 e. The molecule has 0 aliphatic carbocycles. The summed E-state index contributed by atoms with van der Waals surface area (Å²) in [7, 11) is 0. The van der Waals surface area contributed by atoms with Crippen LogP contribution in [0.25, 0.3) is 0 Å². The molecule has 2 N–H and O–H groups in total. The van der Waals surface area contributed by atoms with E-state index >= 15 is 0 Å². The maximum Gasteiger partial charge on any atom is 0.418 e. The van der Waals surface area contributed by atoms with Gasteiger partial charge in [0.15, 0.2) is 0 Å². The van der Waals surface area contributed by atoms with Gasteiger partial charge in [-0.3, -0.25) is 9.59 Å². The van der Waals surface area contributed by atoms with Gasteiger partial charge in [0.25, 0.3) is 5.91 Å². The SMILES string of the molecule is CC[C@H](C)n1c(CCOc2ccnc(F)c2)ccc1C(=O)Nc1cc(CC(=O)O)c(Cl)cc1C(F)(F)F. The van der Waals surface area contributed by atoms with E-state index in [9.17, 15) is 27.2 Å². The lowest BCUT2D eigenvalue weighted by molar-refractivity contribution is -0.137. The number of carbonyl (C=O) groups excluding carboxylic acids is 1.